The first-order chi connectivity index (χ1) is 6.08. The van der Waals surface area contributed by atoms with Crippen LogP contribution >= 0.6 is 11.6 Å². The number of nitrogen functional groups attached to an aromatic ring is 1. The van der Waals surface area contributed by atoms with Crippen molar-refractivity contribution in [1.29, 1.82) is 0 Å². The Hall–Kier alpha value is -1.49. The van der Waals surface area contributed by atoms with Crippen LogP contribution in [0.3, 0.4) is 0 Å². The van der Waals surface area contributed by atoms with Crippen LogP contribution in [0.1, 0.15) is 0 Å². The first-order valence-corrected chi connectivity index (χ1v) is 3.91. The van der Waals surface area contributed by atoms with E-state index >= 15 is 0 Å². The summed E-state index contributed by atoms with van der Waals surface area (Å²) in [6.07, 6.45) is 0. The average Bonchev–Trinajstić information content (AvgIpc) is 1.99. The number of halogens is 1. The molecule has 0 saturated heterocycles. The van der Waals surface area contributed by atoms with Gasteiger partial charge < -0.3 is 16.8 Å². The van der Waals surface area contributed by atoms with E-state index in [0.29, 0.717) is 11.5 Å². The number of aromatic nitrogens is 1. The summed E-state index contributed by atoms with van der Waals surface area (Å²) in [5.41, 5.74) is 10.9. The molecular weight excluding hydrogens is 192 g/mol. The quantitative estimate of drug-likeness (QED) is 0.609. The summed E-state index contributed by atoms with van der Waals surface area (Å²) in [7, 11) is 0. The summed E-state index contributed by atoms with van der Waals surface area (Å²) in [4.78, 5) is 14.3. The highest BCUT2D eigenvalue weighted by atomic mass is 35.5. The molecule has 0 aromatic carbocycles. The molecule has 1 aromatic heterocycles. The van der Waals surface area contributed by atoms with Crippen LogP contribution in [0.25, 0.3) is 0 Å². The second-order valence-corrected chi connectivity index (χ2v) is 2.82. The lowest BCUT2D eigenvalue weighted by molar-refractivity contribution is -0.116. The number of nitrogens with zero attached hydrogens (tertiary/aromatic N) is 1. The van der Waals surface area contributed by atoms with Crippen molar-refractivity contribution in [3.63, 3.8) is 0 Å². The maximum atomic E-state index is 10.4. The summed E-state index contributed by atoms with van der Waals surface area (Å²) in [6.45, 7) is 0.00673. The number of hydrogen-bond donors (Lipinski definition) is 3. The van der Waals surface area contributed by atoms with Crippen LogP contribution in [0, 0.1) is 0 Å². The topological polar surface area (TPSA) is 94.0 Å². The van der Waals surface area contributed by atoms with Crippen molar-refractivity contribution in [2.75, 3.05) is 17.6 Å². The zero-order valence-corrected chi connectivity index (χ0v) is 7.51. The minimum atomic E-state index is -0.472. The Kier molecular flexibility index (Phi) is 2.92. The largest absolute Gasteiger partial charge is 0.399 e. The van der Waals surface area contributed by atoms with Crippen molar-refractivity contribution in [3.8, 4) is 0 Å². The van der Waals surface area contributed by atoms with Crippen molar-refractivity contribution in [1.82, 2.24) is 4.98 Å². The number of pyridine rings is 1. The van der Waals surface area contributed by atoms with Gasteiger partial charge in [-0.1, -0.05) is 11.6 Å². The van der Waals surface area contributed by atoms with Gasteiger partial charge >= 0.3 is 0 Å². The molecule has 1 heterocycles. The van der Waals surface area contributed by atoms with Gasteiger partial charge in [0.1, 0.15) is 11.0 Å². The van der Waals surface area contributed by atoms with E-state index in [0.717, 1.165) is 0 Å². The summed E-state index contributed by atoms with van der Waals surface area (Å²) >= 11 is 5.62. The number of amides is 1. The molecule has 0 radical (unpaired) electrons. The van der Waals surface area contributed by atoms with Gasteiger partial charge in [0, 0.05) is 11.8 Å². The maximum Gasteiger partial charge on any atom is 0.236 e. The number of primary amides is 1. The van der Waals surface area contributed by atoms with Crippen LogP contribution in [0.4, 0.5) is 11.5 Å². The minimum absolute atomic E-state index is 0.00673. The second kappa shape index (κ2) is 3.95. The summed E-state index contributed by atoms with van der Waals surface area (Å²) in [5, 5.41) is 2.95. The molecular formula is C7H9ClN4O. The Labute approximate surface area is 80.1 Å². The molecule has 70 valence electrons. The lowest BCUT2D eigenvalue weighted by atomic mass is 10.4. The first-order valence-electron chi connectivity index (χ1n) is 3.53. The Morgan fingerprint density at radius 1 is 1.62 bits per heavy atom. The number of nitrogens with one attached hydrogen (secondary N) is 1. The van der Waals surface area contributed by atoms with Gasteiger partial charge in [0.25, 0.3) is 0 Å². The van der Waals surface area contributed by atoms with Gasteiger partial charge in [-0.25, -0.2) is 4.98 Å². The molecule has 0 aliphatic carbocycles. The molecule has 0 fully saturated rings. The Morgan fingerprint density at radius 2 is 2.31 bits per heavy atom. The normalized spacial score (nSPS) is 9.62. The molecule has 0 bridgehead atoms. The van der Waals surface area contributed by atoms with Crippen LogP contribution < -0.4 is 16.8 Å². The van der Waals surface area contributed by atoms with E-state index in [1.807, 2.05) is 0 Å². The van der Waals surface area contributed by atoms with E-state index < -0.39 is 5.91 Å². The zero-order chi connectivity index (χ0) is 9.84. The maximum absolute atomic E-state index is 10.4. The van der Waals surface area contributed by atoms with Crippen LogP contribution in [-0.4, -0.2) is 17.4 Å². The fourth-order valence-corrected chi connectivity index (χ4v) is 1.00. The number of rotatable bonds is 3. The molecule has 1 rings (SSSR count). The van der Waals surface area contributed by atoms with Crippen LogP contribution in [0.5, 0.6) is 0 Å². The van der Waals surface area contributed by atoms with Gasteiger partial charge in [-0.05, 0) is 6.07 Å². The molecule has 0 aliphatic heterocycles. The number of carbonyl (C=O) groups is 1. The van der Waals surface area contributed by atoms with E-state index in [4.69, 9.17) is 23.1 Å². The van der Waals surface area contributed by atoms with E-state index in [2.05, 4.69) is 10.3 Å². The van der Waals surface area contributed by atoms with Crippen LogP contribution in [-0.2, 0) is 4.79 Å². The van der Waals surface area contributed by atoms with Crippen molar-refractivity contribution < 1.29 is 4.79 Å². The number of hydrogen-bond acceptors (Lipinski definition) is 4. The number of anilines is 2. The molecule has 0 atom stereocenters. The van der Waals surface area contributed by atoms with Gasteiger partial charge in [0.2, 0.25) is 5.91 Å². The summed E-state index contributed by atoms with van der Waals surface area (Å²) < 4.78 is 0. The molecule has 0 aliphatic rings. The monoisotopic (exact) mass is 200 g/mol. The fourth-order valence-electron chi connectivity index (χ4n) is 0.785. The number of carbonyl (C=O) groups excluding carboxylic acids is 1. The lowest BCUT2D eigenvalue weighted by Crippen LogP contribution is -2.22. The third kappa shape index (κ3) is 3.16. The predicted molar refractivity (Wildman–Crippen MR) is 51.3 cm³/mol. The first kappa shape index (κ1) is 9.60. The van der Waals surface area contributed by atoms with Crippen molar-refractivity contribution in [3.05, 3.63) is 17.3 Å². The van der Waals surface area contributed by atoms with Gasteiger partial charge in [-0.15, -0.1) is 0 Å². The Bertz CT molecular complexity index is 308. The summed E-state index contributed by atoms with van der Waals surface area (Å²) in [5.74, 6) is -0.0378. The minimum Gasteiger partial charge on any atom is -0.399 e. The van der Waals surface area contributed by atoms with Crippen LogP contribution in [0.2, 0.25) is 5.15 Å². The highest BCUT2D eigenvalue weighted by molar-refractivity contribution is 6.29. The molecule has 1 aromatic rings. The summed E-state index contributed by atoms with van der Waals surface area (Å²) in [6, 6.07) is 3.08. The Balaban J connectivity index is 2.71. The lowest BCUT2D eigenvalue weighted by Gasteiger charge is -2.03. The molecule has 0 saturated carbocycles. The highest BCUT2D eigenvalue weighted by Gasteiger charge is 1.99. The van der Waals surface area contributed by atoms with Crippen LogP contribution in [0.15, 0.2) is 12.1 Å². The molecule has 13 heavy (non-hydrogen) atoms. The zero-order valence-electron chi connectivity index (χ0n) is 6.75. The van der Waals surface area contributed by atoms with E-state index in [1.54, 1.807) is 6.07 Å². The molecule has 1 amide bonds. The van der Waals surface area contributed by atoms with Crippen molar-refractivity contribution >= 4 is 29.0 Å². The molecule has 0 spiro atoms. The number of nitrogens with two attached hydrogens (primary N) is 2. The van der Waals surface area contributed by atoms with Gasteiger partial charge in [0.05, 0.1) is 6.54 Å². The Morgan fingerprint density at radius 3 is 2.85 bits per heavy atom. The SMILES string of the molecule is NC(=O)CNc1cc(N)cc(Cl)n1. The second-order valence-electron chi connectivity index (χ2n) is 2.43. The molecule has 5 N–H and O–H groups in total. The highest BCUT2D eigenvalue weighted by Crippen LogP contribution is 2.15. The predicted octanol–water partition coefficient (Wildman–Crippen LogP) is 0.214. The van der Waals surface area contributed by atoms with Gasteiger partial charge in [-0.2, -0.15) is 0 Å². The fraction of sp³-hybridized carbons (Fsp3) is 0.143. The molecule has 6 heteroatoms. The average molecular weight is 201 g/mol. The smallest absolute Gasteiger partial charge is 0.236 e. The molecule has 5 nitrogen and oxygen atoms in total. The van der Waals surface area contributed by atoms with Crippen molar-refractivity contribution in [2.45, 2.75) is 0 Å². The van der Waals surface area contributed by atoms with E-state index in [1.165, 1.54) is 6.07 Å². The standard InChI is InChI=1S/C7H9ClN4O/c8-5-1-4(9)2-7(12-5)11-3-6(10)13/h1-2H,3H2,(H2,10,13)(H3,9,11,12). The van der Waals surface area contributed by atoms with Gasteiger partial charge in [0.15, 0.2) is 0 Å². The van der Waals surface area contributed by atoms with Gasteiger partial charge in [-0.3, -0.25) is 4.79 Å². The van der Waals surface area contributed by atoms with E-state index in [-0.39, 0.29) is 11.7 Å². The third-order valence-electron chi connectivity index (χ3n) is 1.26. The third-order valence-corrected chi connectivity index (χ3v) is 1.45. The molecule has 0 unspecified atom stereocenters. The van der Waals surface area contributed by atoms with Crippen molar-refractivity contribution in [2.24, 2.45) is 5.73 Å². The van der Waals surface area contributed by atoms with E-state index in [9.17, 15) is 4.79 Å².